The number of benzene rings is 3. The van der Waals surface area contributed by atoms with Gasteiger partial charge in [0.2, 0.25) is 0 Å². The molecule has 0 radical (unpaired) electrons. The summed E-state index contributed by atoms with van der Waals surface area (Å²) in [5.41, 5.74) is 3.99. The number of hydrogen-bond donors (Lipinski definition) is 1. The lowest BCUT2D eigenvalue weighted by atomic mass is 10.0. The number of nitrogens with one attached hydrogen (secondary N) is 1. The Hall–Kier alpha value is -3.18. The minimum atomic E-state index is -0.217. The summed E-state index contributed by atoms with van der Waals surface area (Å²) in [6, 6.07) is 24.5. The summed E-state index contributed by atoms with van der Waals surface area (Å²) in [5.74, 6) is -0.217. The molecular formula is C24H24FN3O. The summed E-state index contributed by atoms with van der Waals surface area (Å²) >= 11 is 0. The summed E-state index contributed by atoms with van der Waals surface area (Å²) in [5, 5.41) is 3.08. The number of hydrogen-bond acceptors (Lipinski definition) is 2. The Bertz CT molecular complexity index is 951. The van der Waals surface area contributed by atoms with Crippen LogP contribution < -0.4 is 5.32 Å². The summed E-state index contributed by atoms with van der Waals surface area (Å²) < 4.78 is 13.1. The SMILES string of the molecule is O=C(Nc1ccccc1-c1ccccc1)N1CCN(Cc2ccc(F)cc2)CC1. The number of piperazine rings is 1. The molecule has 0 saturated carbocycles. The number of rotatable bonds is 4. The number of nitrogens with zero attached hydrogens (tertiary/aromatic N) is 2. The van der Waals surface area contributed by atoms with Crippen molar-refractivity contribution in [1.82, 2.24) is 9.80 Å². The lowest BCUT2D eigenvalue weighted by Crippen LogP contribution is -2.49. The molecule has 0 aromatic heterocycles. The first kappa shape index (κ1) is 19.2. The minimum Gasteiger partial charge on any atom is -0.322 e. The fourth-order valence-corrected chi connectivity index (χ4v) is 3.61. The monoisotopic (exact) mass is 389 g/mol. The molecule has 1 aliphatic rings. The number of amides is 2. The van der Waals surface area contributed by atoms with Gasteiger partial charge in [0.1, 0.15) is 5.82 Å². The van der Waals surface area contributed by atoms with E-state index in [1.54, 1.807) is 0 Å². The van der Waals surface area contributed by atoms with Gasteiger partial charge in [0.05, 0.1) is 5.69 Å². The van der Waals surface area contributed by atoms with Gasteiger partial charge in [-0.05, 0) is 29.3 Å². The van der Waals surface area contributed by atoms with Crippen LogP contribution >= 0.6 is 0 Å². The van der Waals surface area contributed by atoms with E-state index in [-0.39, 0.29) is 11.8 Å². The molecule has 0 aliphatic carbocycles. The van der Waals surface area contributed by atoms with Crippen molar-refractivity contribution in [2.45, 2.75) is 6.54 Å². The average Bonchev–Trinajstić information content (AvgIpc) is 2.77. The highest BCUT2D eigenvalue weighted by Gasteiger charge is 2.21. The predicted molar refractivity (Wildman–Crippen MR) is 114 cm³/mol. The predicted octanol–water partition coefficient (Wildman–Crippen LogP) is 4.84. The average molecular weight is 389 g/mol. The third-order valence-electron chi connectivity index (χ3n) is 5.23. The standard InChI is InChI=1S/C24H24FN3O/c25-21-12-10-19(11-13-21)18-27-14-16-28(17-15-27)24(29)26-23-9-5-4-8-22(23)20-6-2-1-3-7-20/h1-13H,14-18H2,(H,26,29). The van der Waals surface area contributed by atoms with E-state index in [1.807, 2.05) is 71.6 Å². The molecule has 5 heteroatoms. The maximum atomic E-state index is 13.1. The van der Waals surface area contributed by atoms with Crippen LogP contribution in [-0.4, -0.2) is 42.0 Å². The van der Waals surface area contributed by atoms with Crippen molar-refractivity contribution in [3.8, 4) is 11.1 Å². The van der Waals surface area contributed by atoms with Gasteiger partial charge >= 0.3 is 6.03 Å². The van der Waals surface area contributed by atoms with Gasteiger partial charge in [0.25, 0.3) is 0 Å². The van der Waals surface area contributed by atoms with Gasteiger partial charge in [0, 0.05) is 38.3 Å². The number of carbonyl (C=O) groups excluding carboxylic acids is 1. The Labute approximate surface area is 170 Å². The molecule has 2 amide bonds. The maximum absolute atomic E-state index is 13.1. The Balaban J connectivity index is 1.35. The second kappa shape index (κ2) is 8.88. The first-order chi connectivity index (χ1) is 14.2. The zero-order chi connectivity index (χ0) is 20.1. The second-order valence-electron chi connectivity index (χ2n) is 7.23. The third kappa shape index (κ3) is 4.81. The Kier molecular flexibility index (Phi) is 5.86. The van der Waals surface area contributed by atoms with Crippen LogP contribution in [0.15, 0.2) is 78.9 Å². The second-order valence-corrected chi connectivity index (χ2v) is 7.23. The van der Waals surface area contributed by atoms with Crippen molar-refractivity contribution in [3.05, 3.63) is 90.2 Å². The molecule has 0 spiro atoms. The number of para-hydroxylation sites is 1. The molecule has 4 rings (SSSR count). The van der Waals surface area contributed by atoms with Crippen molar-refractivity contribution in [2.24, 2.45) is 0 Å². The van der Waals surface area contributed by atoms with Crippen LogP contribution in [0.25, 0.3) is 11.1 Å². The normalized spacial score (nSPS) is 14.6. The van der Waals surface area contributed by atoms with E-state index < -0.39 is 0 Å². The van der Waals surface area contributed by atoms with E-state index in [4.69, 9.17) is 0 Å². The number of halogens is 1. The first-order valence-corrected chi connectivity index (χ1v) is 9.86. The molecule has 1 heterocycles. The van der Waals surface area contributed by atoms with E-state index in [1.165, 1.54) is 12.1 Å². The van der Waals surface area contributed by atoms with Crippen molar-refractivity contribution in [2.75, 3.05) is 31.5 Å². The van der Waals surface area contributed by atoms with Gasteiger partial charge < -0.3 is 10.2 Å². The van der Waals surface area contributed by atoms with Crippen LogP contribution in [0.1, 0.15) is 5.56 Å². The molecule has 1 aliphatic heterocycles. The smallest absolute Gasteiger partial charge is 0.321 e. The van der Waals surface area contributed by atoms with Gasteiger partial charge in [-0.3, -0.25) is 4.90 Å². The van der Waals surface area contributed by atoms with Gasteiger partial charge in [-0.25, -0.2) is 9.18 Å². The van der Waals surface area contributed by atoms with E-state index in [0.717, 1.165) is 42.0 Å². The number of carbonyl (C=O) groups is 1. The van der Waals surface area contributed by atoms with Gasteiger partial charge in [-0.2, -0.15) is 0 Å². The third-order valence-corrected chi connectivity index (χ3v) is 5.23. The molecule has 0 atom stereocenters. The largest absolute Gasteiger partial charge is 0.322 e. The van der Waals surface area contributed by atoms with Crippen molar-refractivity contribution < 1.29 is 9.18 Å². The summed E-state index contributed by atoms with van der Waals surface area (Å²) in [4.78, 5) is 16.9. The quantitative estimate of drug-likeness (QED) is 0.693. The zero-order valence-electron chi connectivity index (χ0n) is 16.2. The molecule has 1 fully saturated rings. The van der Waals surface area contributed by atoms with E-state index in [2.05, 4.69) is 10.2 Å². The molecular weight excluding hydrogens is 365 g/mol. The topological polar surface area (TPSA) is 35.6 Å². The lowest BCUT2D eigenvalue weighted by Gasteiger charge is -2.34. The fourth-order valence-electron chi connectivity index (χ4n) is 3.61. The molecule has 3 aromatic rings. The van der Waals surface area contributed by atoms with Crippen LogP contribution in [0.4, 0.5) is 14.9 Å². The Morgan fingerprint density at radius 2 is 1.48 bits per heavy atom. The van der Waals surface area contributed by atoms with Gasteiger partial charge in [-0.1, -0.05) is 60.7 Å². The summed E-state index contributed by atoms with van der Waals surface area (Å²) in [7, 11) is 0. The first-order valence-electron chi connectivity index (χ1n) is 9.86. The molecule has 1 saturated heterocycles. The molecule has 1 N–H and O–H groups in total. The highest BCUT2D eigenvalue weighted by molar-refractivity contribution is 5.94. The van der Waals surface area contributed by atoms with Crippen LogP contribution in [0.5, 0.6) is 0 Å². The molecule has 3 aromatic carbocycles. The minimum absolute atomic E-state index is 0.0742. The highest BCUT2D eigenvalue weighted by Crippen LogP contribution is 2.27. The van der Waals surface area contributed by atoms with E-state index >= 15 is 0 Å². The molecule has 0 unspecified atom stereocenters. The van der Waals surface area contributed by atoms with Gasteiger partial charge in [-0.15, -0.1) is 0 Å². The van der Waals surface area contributed by atoms with Crippen LogP contribution in [0.2, 0.25) is 0 Å². The maximum Gasteiger partial charge on any atom is 0.321 e. The van der Waals surface area contributed by atoms with E-state index in [9.17, 15) is 9.18 Å². The van der Waals surface area contributed by atoms with E-state index in [0.29, 0.717) is 13.1 Å². The van der Waals surface area contributed by atoms with Crippen molar-refractivity contribution in [1.29, 1.82) is 0 Å². The van der Waals surface area contributed by atoms with Gasteiger partial charge in [0.15, 0.2) is 0 Å². The molecule has 4 nitrogen and oxygen atoms in total. The van der Waals surface area contributed by atoms with Crippen LogP contribution in [-0.2, 0) is 6.54 Å². The zero-order valence-corrected chi connectivity index (χ0v) is 16.2. The Morgan fingerprint density at radius 1 is 0.828 bits per heavy atom. The van der Waals surface area contributed by atoms with Crippen LogP contribution in [0, 0.1) is 5.82 Å². The summed E-state index contributed by atoms with van der Waals surface area (Å²) in [6.07, 6.45) is 0. The van der Waals surface area contributed by atoms with Crippen LogP contribution in [0.3, 0.4) is 0 Å². The van der Waals surface area contributed by atoms with Crippen molar-refractivity contribution >= 4 is 11.7 Å². The van der Waals surface area contributed by atoms with Crippen molar-refractivity contribution in [3.63, 3.8) is 0 Å². The molecule has 0 bridgehead atoms. The number of anilines is 1. The molecule has 148 valence electrons. The Morgan fingerprint density at radius 3 is 2.21 bits per heavy atom. The number of urea groups is 1. The lowest BCUT2D eigenvalue weighted by molar-refractivity contribution is 0.143. The highest BCUT2D eigenvalue weighted by atomic mass is 19.1. The summed E-state index contributed by atoms with van der Waals surface area (Å²) in [6.45, 7) is 3.70. The molecule has 29 heavy (non-hydrogen) atoms. The fraction of sp³-hybridized carbons (Fsp3) is 0.208.